The number of rotatable bonds is 3. The molecule has 2 heteroatoms. The maximum atomic E-state index is 10.4. The van der Waals surface area contributed by atoms with Crippen molar-refractivity contribution in [3.05, 3.63) is 0 Å². The number of hydrogen-bond acceptors (Lipinski definition) is 2. The average molecular weight is 214 g/mol. The molecule has 0 saturated heterocycles. The minimum Gasteiger partial charge on any atom is -0.466 e. The topological polar surface area (TPSA) is 26.3 Å². The summed E-state index contributed by atoms with van der Waals surface area (Å²) in [5, 5.41) is 0. The van der Waals surface area contributed by atoms with E-state index in [0.29, 0.717) is 13.0 Å². The van der Waals surface area contributed by atoms with Crippen LogP contribution in [-0.4, -0.2) is 12.6 Å². The smallest absolute Gasteiger partial charge is 0.305 e. The zero-order valence-corrected chi connectivity index (χ0v) is 10.6. The highest BCUT2D eigenvalue weighted by atomic mass is 16.5. The maximum absolute atomic E-state index is 10.4. The summed E-state index contributed by atoms with van der Waals surface area (Å²) in [5.74, 6) is 0.948. The van der Waals surface area contributed by atoms with E-state index in [1.807, 2.05) is 13.8 Å². The zero-order valence-electron chi connectivity index (χ0n) is 10.6. The fourth-order valence-corrected chi connectivity index (χ4v) is 1.74. The molecule has 0 heterocycles. The Kier molecular flexibility index (Phi) is 9.65. The number of hydrogen-bond donors (Lipinski definition) is 0. The predicted octanol–water partition coefficient (Wildman–Crippen LogP) is 3.94. The molecule has 0 atom stereocenters. The molecule has 90 valence electrons. The van der Waals surface area contributed by atoms with Crippen LogP contribution in [0.4, 0.5) is 0 Å². The van der Waals surface area contributed by atoms with Gasteiger partial charge in [-0.25, -0.2) is 0 Å². The lowest BCUT2D eigenvalue weighted by molar-refractivity contribution is -0.143. The monoisotopic (exact) mass is 214 g/mol. The number of carbonyl (C=O) groups excluding carboxylic acids is 1. The summed E-state index contributed by atoms with van der Waals surface area (Å²) in [7, 11) is 0. The molecule has 1 saturated carbocycles. The number of ether oxygens (including phenoxy) is 1. The lowest BCUT2D eigenvalue weighted by Crippen LogP contribution is -2.01. The van der Waals surface area contributed by atoms with Crippen molar-refractivity contribution in [1.29, 1.82) is 0 Å². The Morgan fingerprint density at radius 2 is 1.80 bits per heavy atom. The fraction of sp³-hybridized carbons (Fsp3) is 0.923. The Hall–Kier alpha value is -0.530. The Morgan fingerprint density at radius 1 is 1.20 bits per heavy atom. The van der Waals surface area contributed by atoms with Crippen molar-refractivity contribution >= 4 is 5.97 Å². The van der Waals surface area contributed by atoms with Gasteiger partial charge in [-0.2, -0.15) is 0 Å². The van der Waals surface area contributed by atoms with E-state index >= 15 is 0 Å². The van der Waals surface area contributed by atoms with Gasteiger partial charge in [0.05, 0.1) is 6.61 Å². The third-order valence-corrected chi connectivity index (χ3v) is 2.65. The van der Waals surface area contributed by atoms with Gasteiger partial charge >= 0.3 is 5.97 Å². The Balaban J connectivity index is 0.000000262. The lowest BCUT2D eigenvalue weighted by atomic mass is 9.91. The van der Waals surface area contributed by atoms with Crippen LogP contribution in [0.3, 0.4) is 0 Å². The molecule has 0 aromatic heterocycles. The van der Waals surface area contributed by atoms with Crippen LogP contribution in [0.25, 0.3) is 0 Å². The molecular formula is C13H26O2. The van der Waals surface area contributed by atoms with Crippen molar-refractivity contribution in [2.45, 2.75) is 65.7 Å². The molecule has 0 amide bonds. The Labute approximate surface area is 94.4 Å². The van der Waals surface area contributed by atoms with E-state index in [9.17, 15) is 4.79 Å². The summed E-state index contributed by atoms with van der Waals surface area (Å²) in [6, 6.07) is 0. The van der Waals surface area contributed by atoms with E-state index in [1.54, 1.807) is 0 Å². The molecule has 0 spiro atoms. The molecule has 15 heavy (non-hydrogen) atoms. The Bertz CT molecular complexity index is 141. The summed E-state index contributed by atoms with van der Waals surface area (Å²) in [4.78, 5) is 10.4. The minimum absolute atomic E-state index is 0.0880. The largest absolute Gasteiger partial charge is 0.466 e. The van der Waals surface area contributed by atoms with E-state index in [4.69, 9.17) is 0 Å². The third-order valence-electron chi connectivity index (χ3n) is 2.65. The van der Waals surface area contributed by atoms with Crippen LogP contribution in [0.5, 0.6) is 0 Å². The predicted molar refractivity (Wildman–Crippen MR) is 63.8 cm³/mol. The average Bonchev–Trinajstić information content (AvgIpc) is 2.20. The van der Waals surface area contributed by atoms with Gasteiger partial charge in [0.15, 0.2) is 0 Å². The maximum Gasteiger partial charge on any atom is 0.305 e. The van der Waals surface area contributed by atoms with Crippen LogP contribution in [-0.2, 0) is 9.53 Å². The van der Waals surface area contributed by atoms with E-state index in [0.717, 1.165) is 12.3 Å². The first kappa shape index (κ1) is 14.5. The molecular weight excluding hydrogens is 188 g/mol. The molecule has 0 unspecified atom stereocenters. The van der Waals surface area contributed by atoms with Gasteiger partial charge in [0.2, 0.25) is 0 Å². The third kappa shape index (κ3) is 9.77. The summed E-state index contributed by atoms with van der Waals surface area (Å²) < 4.78 is 4.64. The van der Waals surface area contributed by atoms with Gasteiger partial charge < -0.3 is 4.74 Å². The normalized spacial score (nSPS) is 16.5. The number of carbonyl (C=O) groups is 1. The van der Waals surface area contributed by atoms with Crippen LogP contribution in [0.1, 0.15) is 65.7 Å². The van der Waals surface area contributed by atoms with Crippen LogP contribution >= 0.6 is 0 Å². The summed E-state index contributed by atoms with van der Waals surface area (Å²) in [5.41, 5.74) is 0. The van der Waals surface area contributed by atoms with Gasteiger partial charge in [-0.3, -0.25) is 4.79 Å². The molecule has 0 aromatic rings. The fourth-order valence-electron chi connectivity index (χ4n) is 1.74. The van der Waals surface area contributed by atoms with Gasteiger partial charge in [-0.05, 0) is 19.3 Å². The van der Waals surface area contributed by atoms with Gasteiger partial charge in [0.1, 0.15) is 0 Å². The first-order valence-electron chi connectivity index (χ1n) is 6.36. The highest BCUT2D eigenvalue weighted by Gasteiger charge is 2.05. The molecule has 2 nitrogen and oxygen atoms in total. The van der Waals surface area contributed by atoms with Gasteiger partial charge in [-0.15, -0.1) is 0 Å². The SMILES string of the molecule is CC1CCCCC1.CCCC(=O)OCC. The van der Waals surface area contributed by atoms with Crippen molar-refractivity contribution in [3.8, 4) is 0 Å². The Morgan fingerprint density at radius 3 is 2.13 bits per heavy atom. The second kappa shape index (κ2) is 10.0. The lowest BCUT2D eigenvalue weighted by Gasteiger charge is -2.15. The van der Waals surface area contributed by atoms with Gasteiger partial charge in [0.25, 0.3) is 0 Å². The van der Waals surface area contributed by atoms with Crippen molar-refractivity contribution in [3.63, 3.8) is 0 Å². The highest BCUT2D eigenvalue weighted by Crippen LogP contribution is 2.22. The molecule has 1 rings (SSSR count). The first-order chi connectivity index (χ1) is 7.20. The standard InChI is InChI=1S/C7H14.C6H12O2/c1-7-5-3-2-4-6-7;1-3-5-6(7)8-4-2/h7H,2-6H2,1H3;3-5H2,1-2H3. The van der Waals surface area contributed by atoms with Crippen molar-refractivity contribution < 1.29 is 9.53 Å². The summed E-state index contributed by atoms with van der Waals surface area (Å²) >= 11 is 0. The quantitative estimate of drug-likeness (QED) is 0.665. The van der Waals surface area contributed by atoms with Crippen molar-refractivity contribution in [2.24, 2.45) is 5.92 Å². The van der Waals surface area contributed by atoms with Gasteiger partial charge in [0, 0.05) is 6.42 Å². The van der Waals surface area contributed by atoms with Crippen LogP contribution < -0.4 is 0 Å². The van der Waals surface area contributed by atoms with Crippen molar-refractivity contribution in [1.82, 2.24) is 0 Å². The van der Waals surface area contributed by atoms with Crippen LogP contribution in [0, 0.1) is 5.92 Å². The van der Waals surface area contributed by atoms with Crippen molar-refractivity contribution in [2.75, 3.05) is 6.61 Å². The van der Waals surface area contributed by atoms with Crippen LogP contribution in [0.15, 0.2) is 0 Å². The summed E-state index contributed by atoms with van der Waals surface area (Å²) in [6.07, 6.45) is 8.86. The first-order valence-corrected chi connectivity index (χ1v) is 6.36. The van der Waals surface area contributed by atoms with E-state index < -0.39 is 0 Å². The van der Waals surface area contributed by atoms with Gasteiger partial charge in [-0.1, -0.05) is 46.0 Å². The molecule has 0 radical (unpaired) electrons. The zero-order chi connectivity index (χ0) is 11.5. The molecule has 0 aromatic carbocycles. The van der Waals surface area contributed by atoms with E-state index in [2.05, 4.69) is 11.7 Å². The molecule has 1 aliphatic rings. The number of esters is 1. The minimum atomic E-state index is -0.0880. The second-order valence-electron chi connectivity index (χ2n) is 4.30. The summed E-state index contributed by atoms with van der Waals surface area (Å²) in [6.45, 7) is 6.63. The molecule has 1 fully saturated rings. The molecule has 0 aliphatic heterocycles. The molecule has 0 bridgehead atoms. The molecule has 0 N–H and O–H groups in total. The second-order valence-corrected chi connectivity index (χ2v) is 4.30. The van der Waals surface area contributed by atoms with Crippen LogP contribution in [0.2, 0.25) is 0 Å². The van der Waals surface area contributed by atoms with E-state index in [1.165, 1.54) is 32.1 Å². The van der Waals surface area contributed by atoms with E-state index in [-0.39, 0.29) is 5.97 Å². The molecule has 1 aliphatic carbocycles. The highest BCUT2D eigenvalue weighted by molar-refractivity contribution is 5.69.